The average molecular weight is 332 g/mol. The molecular weight excluding hydrogens is 310 g/mol. The lowest BCUT2D eigenvalue weighted by molar-refractivity contribution is 0.187. The molecule has 0 saturated carbocycles. The Bertz CT molecular complexity index is 362. The Morgan fingerprint density at radius 2 is 2.22 bits per heavy atom. The number of halogens is 1. The molecule has 0 fully saturated rings. The molecule has 3 nitrogen and oxygen atoms in total. The van der Waals surface area contributed by atoms with Crippen LogP contribution in [0.3, 0.4) is 0 Å². The van der Waals surface area contributed by atoms with E-state index in [4.69, 9.17) is 5.73 Å². The molecule has 18 heavy (non-hydrogen) atoms. The first-order valence-corrected chi connectivity index (χ1v) is 8.34. The van der Waals surface area contributed by atoms with Crippen molar-refractivity contribution in [3.8, 4) is 0 Å². The quantitative estimate of drug-likeness (QED) is 0.834. The van der Waals surface area contributed by atoms with Crippen LogP contribution in [0.5, 0.6) is 0 Å². The monoisotopic (exact) mass is 331 g/mol. The number of pyridine rings is 1. The zero-order valence-electron chi connectivity index (χ0n) is 11.3. The minimum Gasteiger partial charge on any atom is -0.329 e. The molecule has 2 atom stereocenters. The summed E-state index contributed by atoms with van der Waals surface area (Å²) in [5, 5.41) is 0. The SMILES string of the molecule is CCC(CSC)N(C)C(CN)c1cncc(Br)c1. The van der Waals surface area contributed by atoms with Crippen LogP contribution in [0.2, 0.25) is 0 Å². The van der Waals surface area contributed by atoms with E-state index in [1.165, 1.54) is 5.56 Å². The molecule has 0 radical (unpaired) electrons. The van der Waals surface area contributed by atoms with Gasteiger partial charge in [0.1, 0.15) is 0 Å². The fourth-order valence-corrected chi connectivity index (χ4v) is 3.36. The van der Waals surface area contributed by atoms with Gasteiger partial charge in [0, 0.05) is 41.2 Å². The Balaban J connectivity index is 2.88. The summed E-state index contributed by atoms with van der Waals surface area (Å²) in [6, 6.07) is 2.88. The first-order valence-electron chi connectivity index (χ1n) is 6.15. The fourth-order valence-electron chi connectivity index (χ4n) is 2.12. The van der Waals surface area contributed by atoms with Crippen molar-refractivity contribution in [3.63, 3.8) is 0 Å². The standard InChI is InChI=1S/C13H22BrN3S/c1-4-12(9-18-3)17(2)13(6-15)10-5-11(14)8-16-7-10/h5,7-8,12-13H,4,6,9,15H2,1-3H3. The minimum atomic E-state index is 0.229. The van der Waals surface area contributed by atoms with Crippen molar-refractivity contribution in [2.75, 3.05) is 25.6 Å². The van der Waals surface area contributed by atoms with Gasteiger partial charge in [-0.3, -0.25) is 9.88 Å². The van der Waals surface area contributed by atoms with Crippen LogP contribution in [0, 0.1) is 0 Å². The highest BCUT2D eigenvalue weighted by Crippen LogP contribution is 2.24. The molecule has 0 saturated heterocycles. The van der Waals surface area contributed by atoms with E-state index < -0.39 is 0 Å². The van der Waals surface area contributed by atoms with E-state index >= 15 is 0 Å². The largest absolute Gasteiger partial charge is 0.329 e. The van der Waals surface area contributed by atoms with Crippen LogP contribution in [0.15, 0.2) is 22.9 Å². The van der Waals surface area contributed by atoms with E-state index in [1.807, 2.05) is 18.0 Å². The van der Waals surface area contributed by atoms with Crippen LogP contribution in [-0.4, -0.2) is 41.5 Å². The second-order valence-corrected chi connectivity index (χ2v) is 6.20. The maximum atomic E-state index is 5.95. The average Bonchev–Trinajstić information content (AvgIpc) is 2.36. The molecule has 0 aliphatic carbocycles. The molecule has 0 aliphatic heterocycles. The Labute approximate surface area is 123 Å². The highest BCUT2D eigenvalue weighted by molar-refractivity contribution is 9.10. The van der Waals surface area contributed by atoms with Gasteiger partial charge in [0.2, 0.25) is 0 Å². The number of hydrogen-bond acceptors (Lipinski definition) is 4. The lowest BCUT2D eigenvalue weighted by Crippen LogP contribution is -2.39. The van der Waals surface area contributed by atoms with Crippen LogP contribution >= 0.6 is 27.7 Å². The summed E-state index contributed by atoms with van der Waals surface area (Å²) in [7, 11) is 2.16. The molecular formula is C13H22BrN3S. The topological polar surface area (TPSA) is 42.1 Å². The summed E-state index contributed by atoms with van der Waals surface area (Å²) in [6.07, 6.45) is 6.99. The molecule has 1 aromatic rings. The van der Waals surface area contributed by atoms with Crippen molar-refractivity contribution in [1.82, 2.24) is 9.88 Å². The zero-order chi connectivity index (χ0) is 13.5. The Kier molecular flexibility index (Phi) is 7.22. The zero-order valence-corrected chi connectivity index (χ0v) is 13.7. The van der Waals surface area contributed by atoms with E-state index in [0.717, 1.165) is 16.6 Å². The number of nitrogens with zero attached hydrogens (tertiary/aromatic N) is 2. The summed E-state index contributed by atoms with van der Waals surface area (Å²) < 4.78 is 1.00. The molecule has 0 spiro atoms. The van der Waals surface area contributed by atoms with E-state index in [2.05, 4.69) is 52.1 Å². The summed E-state index contributed by atoms with van der Waals surface area (Å²) in [5.74, 6) is 1.13. The number of nitrogens with two attached hydrogens (primary N) is 1. The lowest BCUT2D eigenvalue weighted by Gasteiger charge is -2.34. The molecule has 0 aromatic carbocycles. The number of aromatic nitrogens is 1. The summed E-state index contributed by atoms with van der Waals surface area (Å²) in [6.45, 7) is 2.84. The van der Waals surface area contributed by atoms with Crippen LogP contribution in [0.4, 0.5) is 0 Å². The maximum Gasteiger partial charge on any atom is 0.0486 e. The number of rotatable bonds is 7. The second kappa shape index (κ2) is 8.15. The first kappa shape index (κ1) is 16.0. The second-order valence-electron chi connectivity index (χ2n) is 4.37. The van der Waals surface area contributed by atoms with Gasteiger partial charge in [0.15, 0.2) is 0 Å². The van der Waals surface area contributed by atoms with Gasteiger partial charge in [-0.1, -0.05) is 6.92 Å². The first-order chi connectivity index (χ1) is 8.63. The van der Waals surface area contributed by atoms with Gasteiger partial charge in [-0.05, 0) is 47.3 Å². The van der Waals surface area contributed by atoms with Crippen LogP contribution < -0.4 is 5.73 Å². The molecule has 1 rings (SSSR count). The van der Waals surface area contributed by atoms with Gasteiger partial charge in [-0.25, -0.2) is 0 Å². The molecule has 1 aromatic heterocycles. The normalized spacial score (nSPS) is 14.8. The molecule has 102 valence electrons. The molecule has 0 aliphatic rings. The number of hydrogen-bond donors (Lipinski definition) is 1. The lowest BCUT2D eigenvalue weighted by atomic mass is 10.1. The van der Waals surface area contributed by atoms with Crippen LogP contribution in [0.1, 0.15) is 24.9 Å². The maximum absolute atomic E-state index is 5.95. The van der Waals surface area contributed by atoms with Crippen LogP contribution in [-0.2, 0) is 0 Å². The Morgan fingerprint density at radius 1 is 1.50 bits per heavy atom. The minimum absolute atomic E-state index is 0.229. The number of thioether (sulfide) groups is 1. The molecule has 2 N–H and O–H groups in total. The predicted octanol–water partition coefficient (Wildman–Crippen LogP) is 2.92. The molecule has 1 heterocycles. The molecule has 5 heteroatoms. The van der Waals surface area contributed by atoms with E-state index in [0.29, 0.717) is 12.6 Å². The van der Waals surface area contributed by atoms with Gasteiger partial charge in [0.05, 0.1) is 0 Å². The fraction of sp³-hybridized carbons (Fsp3) is 0.615. The van der Waals surface area contributed by atoms with Crippen LogP contribution in [0.25, 0.3) is 0 Å². The van der Waals surface area contributed by atoms with Crippen molar-refractivity contribution in [2.45, 2.75) is 25.4 Å². The third kappa shape index (κ3) is 4.23. The van der Waals surface area contributed by atoms with Gasteiger partial charge >= 0.3 is 0 Å². The van der Waals surface area contributed by atoms with Gasteiger partial charge in [-0.15, -0.1) is 0 Å². The van der Waals surface area contributed by atoms with Crippen molar-refractivity contribution < 1.29 is 0 Å². The van der Waals surface area contributed by atoms with Crippen molar-refractivity contribution in [1.29, 1.82) is 0 Å². The predicted molar refractivity (Wildman–Crippen MR) is 84.0 cm³/mol. The third-order valence-corrected chi connectivity index (χ3v) is 4.38. The molecule has 0 bridgehead atoms. The number of likely N-dealkylation sites (N-methyl/N-ethyl adjacent to an activating group) is 1. The molecule has 2 unspecified atom stereocenters. The Morgan fingerprint density at radius 3 is 2.72 bits per heavy atom. The van der Waals surface area contributed by atoms with Gasteiger partial charge < -0.3 is 5.73 Å². The van der Waals surface area contributed by atoms with E-state index in [1.54, 1.807) is 6.20 Å². The van der Waals surface area contributed by atoms with Crippen molar-refractivity contribution >= 4 is 27.7 Å². The van der Waals surface area contributed by atoms with Crippen molar-refractivity contribution in [3.05, 3.63) is 28.5 Å². The van der Waals surface area contributed by atoms with Crippen molar-refractivity contribution in [2.24, 2.45) is 5.73 Å². The highest BCUT2D eigenvalue weighted by atomic mass is 79.9. The summed E-state index contributed by atoms with van der Waals surface area (Å²) in [5.41, 5.74) is 7.13. The van der Waals surface area contributed by atoms with E-state index in [9.17, 15) is 0 Å². The Hall–Kier alpha value is -0.100. The summed E-state index contributed by atoms with van der Waals surface area (Å²) in [4.78, 5) is 6.61. The van der Waals surface area contributed by atoms with E-state index in [-0.39, 0.29) is 6.04 Å². The summed E-state index contributed by atoms with van der Waals surface area (Å²) >= 11 is 5.35. The highest BCUT2D eigenvalue weighted by Gasteiger charge is 2.22. The third-order valence-electron chi connectivity index (χ3n) is 3.23. The van der Waals surface area contributed by atoms with Gasteiger partial charge in [-0.2, -0.15) is 11.8 Å². The van der Waals surface area contributed by atoms with Gasteiger partial charge in [0.25, 0.3) is 0 Å². The molecule has 0 amide bonds. The smallest absolute Gasteiger partial charge is 0.0486 e.